The maximum Gasteiger partial charge on any atom is 0.420 e. The first-order chi connectivity index (χ1) is 18.4. The highest BCUT2D eigenvalue weighted by Gasteiger charge is 2.22. The van der Waals surface area contributed by atoms with Crippen molar-refractivity contribution in [1.29, 1.82) is 5.41 Å². The number of hydrogen-bond acceptors (Lipinski definition) is 7. The van der Waals surface area contributed by atoms with Crippen LogP contribution in [0, 0.1) is 12.3 Å². The van der Waals surface area contributed by atoms with Gasteiger partial charge in [-0.25, -0.2) is 14.8 Å². The Morgan fingerprint density at radius 3 is 2.55 bits per heavy atom. The van der Waals surface area contributed by atoms with E-state index in [1.165, 1.54) is 4.90 Å². The van der Waals surface area contributed by atoms with Crippen LogP contribution >= 0.6 is 0 Å². The zero-order chi connectivity index (χ0) is 27.1. The van der Waals surface area contributed by atoms with Crippen LogP contribution in [-0.4, -0.2) is 46.0 Å². The van der Waals surface area contributed by atoms with Gasteiger partial charge in [-0.05, 0) is 50.1 Å². The molecule has 2 aromatic carbocycles. The molecule has 10 heteroatoms. The van der Waals surface area contributed by atoms with Gasteiger partial charge in [0.15, 0.2) is 0 Å². The summed E-state index contributed by atoms with van der Waals surface area (Å²) >= 11 is 0. The molecule has 0 bridgehead atoms. The predicted octanol–water partition coefficient (Wildman–Crippen LogP) is 4.29. The number of anilines is 1. The fourth-order valence-electron chi connectivity index (χ4n) is 3.99. The molecule has 196 valence electrons. The average Bonchev–Trinajstić information content (AvgIpc) is 3.34. The number of esters is 1. The topological polar surface area (TPSA) is 147 Å². The van der Waals surface area contributed by atoms with Crippen LogP contribution in [0.3, 0.4) is 0 Å². The first-order valence-electron chi connectivity index (χ1n) is 12.3. The van der Waals surface area contributed by atoms with Gasteiger partial charge in [0.05, 0.1) is 24.1 Å². The fraction of sp³-hybridized carbons (Fsp3) is 0.250. The maximum absolute atomic E-state index is 13.2. The van der Waals surface area contributed by atoms with E-state index in [4.69, 9.17) is 25.6 Å². The summed E-state index contributed by atoms with van der Waals surface area (Å²) in [5, 5.41) is 7.51. The van der Waals surface area contributed by atoms with Gasteiger partial charge in [-0.3, -0.25) is 15.1 Å². The predicted molar refractivity (Wildman–Crippen MR) is 145 cm³/mol. The van der Waals surface area contributed by atoms with Crippen LogP contribution in [0.5, 0.6) is 5.75 Å². The van der Waals surface area contributed by atoms with Crippen LogP contribution in [-0.2, 0) is 22.4 Å². The summed E-state index contributed by atoms with van der Waals surface area (Å²) in [7, 11) is 0. The van der Waals surface area contributed by atoms with E-state index >= 15 is 0 Å². The number of pyridine rings is 1. The summed E-state index contributed by atoms with van der Waals surface area (Å²) in [4.78, 5) is 38.7. The lowest BCUT2D eigenvalue weighted by Gasteiger charge is -2.21. The number of carbonyl (C=O) groups excluding carboxylic acids is 2. The molecular formula is C28H30N6O4. The quantitative estimate of drug-likeness (QED) is 0.162. The van der Waals surface area contributed by atoms with Gasteiger partial charge < -0.3 is 20.2 Å². The Hall–Kier alpha value is -4.73. The molecule has 0 unspecified atom stereocenters. The third-order valence-corrected chi connectivity index (χ3v) is 6.01. The number of ether oxygens (including phenoxy) is 2. The number of amides is 1. The fourth-order valence-corrected chi connectivity index (χ4v) is 3.99. The van der Waals surface area contributed by atoms with Gasteiger partial charge in [0.25, 0.3) is 0 Å². The number of H-pyrrole nitrogens is 1. The summed E-state index contributed by atoms with van der Waals surface area (Å²) in [6.07, 6.45) is 2.38. The van der Waals surface area contributed by atoms with Gasteiger partial charge in [-0.2, -0.15) is 0 Å². The monoisotopic (exact) mass is 514 g/mol. The number of imidazole rings is 1. The van der Waals surface area contributed by atoms with E-state index in [1.54, 1.807) is 37.4 Å². The van der Waals surface area contributed by atoms with Crippen molar-refractivity contribution in [3.63, 3.8) is 0 Å². The van der Waals surface area contributed by atoms with Gasteiger partial charge in [0.1, 0.15) is 23.2 Å². The minimum absolute atomic E-state index is 0.0116. The highest BCUT2D eigenvalue weighted by Crippen LogP contribution is 2.27. The summed E-state index contributed by atoms with van der Waals surface area (Å²) in [5.41, 5.74) is 9.60. The number of rotatable bonds is 10. The Bertz CT molecular complexity index is 1430. The Morgan fingerprint density at radius 1 is 1.08 bits per heavy atom. The first-order valence-corrected chi connectivity index (χ1v) is 12.3. The van der Waals surface area contributed by atoms with E-state index in [9.17, 15) is 9.59 Å². The molecule has 0 radical (unpaired) electrons. The SMILES string of the molecule is CCOC(=O)CCN(C(=O)Oc1ccc2[nH]c(CCc3ccc(C(=N)N)cc3)nc2c1C)c1ccccn1. The largest absolute Gasteiger partial charge is 0.466 e. The van der Waals surface area contributed by atoms with Gasteiger partial charge >= 0.3 is 12.1 Å². The maximum atomic E-state index is 13.2. The number of nitrogens with zero attached hydrogens (tertiary/aromatic N) is 3. The molecule has 0 saturated heterocycles. The van der Waals surface area contributed by atoms with E-state index in [-0.39, 0.29) is 25.4 Å². The van der Waals surface area contributed by atoms with Gasteiger partial charge in [0.2, 0.25) is 0 Å². The molecule has 38 heavy (non-hydrogen) atoms. The van der Waals surface area contributed by atoms with Gasteiger partial charge in [0, 0.05) is 30.3 Å². The second-order valence-electron chi connectivity index (χ2n) is 8.64. The molecule has 4 aromatic rings. The number of benzene rings is 2. The lowest BCUT2D eigenvalue weighted by molar-refractivity contribution is -0.142. The van der Waals surface area contributed by atoms with Crippen LogP contribution in [0.2, 0.25) is 0 Å². The van der Waals surface area contributed by atoms with E-state index in [0.29, 0.717) is 29.1 Å². The average molecular weight is 515 g/mol. The van der Waals surface area contributed by atoms with Crippen LogP contribution in [0.25, 0.3) is 11.0 Å². The number of hydrogen-bond donors (Lipinski definition) is 3. The van der Waals surface area contributed by atoms with Crippen molar-refractivity contribution in [3.05, 3.63) is 83.3 Å². The molecule has 4 N–H and O–H groups in total. The molecule has 0 aliphatic heterocycles. The zero-order valence-corrected chi connectivity index (χ0v) is 21.4. The zero-order valence-electron chi connectivity index (χ0n) is 21.4. The molecular weight excluding hydrogens is 484 g/mol. The number of aryl methyl sites for hydroxylation is 3. The standard InChI is InChI=1S/C28H30N6O4/c1-3-37-25(35)15-17-34(24-6-4-5-16-31-24)28(36)38-22-13-12-21-26(18(22)2)33-23(32-21)14-9-19-7-10-20(11-8-19)27(29)30/h4-8,10-13,16H,3,9,14-15,17H2,1-2H3,(H3,29,30)(H,32,33). The van der Waals surface area contributed by atoms with Crippen LogP contribution in [0.1, 0.15) is 35.9 Å². The summed E-state index contributed by atoms with van der Waals surface area (Å²) < 4.78 is 10.7. The number of nitrogen functional groups attached to an aromatic ring is 1. The molecule has 0 fully saturated rings. The van der Waals surface area contributed by atoms with Crippen molar-refractivity contribution in [3.8, 4) is 5.75 Å². The number of nitrogens with two attached hydrogens (primary N) is 1. The summed E-state index contributed by atoms with van der Waals surface area (Å²) in [6.45, 7) is 3.91. The molecule has 2 aromatic heterocycles. The molecule has 0 spiro atoms. The molecule has 0 saturated carbocycles. The highest BCUT2D eigenvalue weighted by molar-refractivity contribution is 5.95. The van der Waals surface area contributed by atoms with Crippen molar-refractivity contribution in [2.75, 3.05) is 18.1 Å². The molecule has 2 heterocycles. The van der Waals surface area contributed by atoms with Crippen molar-refractivity contribution >= 4 is 34.7 Å². The minimum atomic E-state index is -0.653. The Morgan fingerprint density at radius 2 is 1.87 bits per heavy atom. The van der Waals surface area contributed by atoms with Crippen molar-refractivity contribution < 1.29 is 19.1 Å². The van der Waals surface area contributed by atoms with E-state index in [2.05, 4.69) is 9.97 Å². The van der Waals surface area contributed by atoms with Crippen LogP contribution in [0.15, 0.2) is 60.8 Å². The number of fused-ring (bicyclic) bond motifs is 1. The van der Waals surface area contributed by atoms with Crippen molar-refractivity contribution in [1.82, 2.24) is 15.0 Å². The van der Waals surface area contributed by atoms with Crippen molar-refractivity contribution in [2.45, 2.75) is 33.1 Å². The Balaban J connectivity index is 1.48. The number of carbonyl (C=O) groups is 2. The summed E-state index contributed by atoms with van der Waals surface area (Å²) in [5.74, 6) is 1.20. The van der Waals surface area contributed by atoms with Crippen molar-refractivity contribution in [2.24, 2.45) is 5.73 Å². The van der Waals surface area contributed by atoms with Gasteiger partial charge in [-0.1, -0.05) is 30.3 Å². The van der Waals surface area contributed by atoms with Crippen LogP contribution in [0.4, 0.5) is 10.6 Å². The van der Waals surface area contributed by atoms with E-state index in [0.717, 1.165) is 28.9 Å². The molecule has 10 nitrogen and oxygen atoms in total. The second-order valence-corrected chi connectivity index (χ2v) is 8.64. The van der Waals surface area contributed by atoms with Gasteiger partial charge in [-0.15, -0.1) is 0 Å². The highest BCUT2D eigenvalue weighted by atomic mass is 16.6. The lowest BCUT2D eigenvalue weighted by atomic mass is 10.1. The number of nitrogens with one attached hydrogen (secondary N) is 2. The normalized spacial score (nSPS) is 10.8. The summed E-state index contributed by atoms with van der Waals surface area (Å²) in [6, 6.07) is 16.3. The Kier molecular flexibility index (Phi) is 8.32. The van der Waals surface area contributed by atoms with Crippen LogP contribution < -0.4 is 15.4 Å². The lowest BCUT2D eigenvalue weighted by Crippen LogP contribution is -2.36. The van der Waals surface area contributed by atoms with E-state index < -0.39 is 12.1 Å². The molecule has 0 aliphatic carbocycles. The van der Waals surface area contributed by atoms with E-state index in [1.807, 2.05) is 37.3 Å². The number of aromatic amines is 1. The third kappa shape index (κ3) is 6.33. The molecule has 0 atom stereocenters. The number of aromatic nitrogens is 3. The molecule has 4 rings (SSSR count). The third-order valence-electron chi connectivity index (χ3n) is 6.01. The molecule has 1 amide bonds. The number of amidine groups is 1. The molecule has 0 aliphatic rings. The first kappa shape index (κ1) is 26.3. The Labute approximate surface area is 220 Å². The minimum Gasteiger partial charge on any atom is -0.466 e. The second kappa shape index (κ2) is 12.0. The smallest absolute Gasteiger partial charge is 0.420 e.